The number of aromatic nitrogens is 3. The quantitative estimate of drug-likeness (QED) is 0.756. The van der Waals surface area contributed by atoms with E-state index in [-0.39, 0.29) is 5.78 Å². The van der Waals surface area contributed by atoms with Gasteiger partial charge in [0.15, 0.2) is 11.4 Å². The number of fused-ring (bicyclic) bond motifs is 1. The van der Waals surface area contributed by atoms with Gasteiger partial charge >= 0.3 is 0 Å². The maximum atomic E-state index is 11.7. The number of nitrogens with zero attached hydrogens (tertiary/aromatic N) is 4. The van der Waals surface area contributed by atoms with Gasteiger partial charge in [0.2, 0.25) is 0 Å². The van der Waals surface area contributed by atoms with Crippen LogP contribution in [-0.2, 0) is 4.74 Å². The summed E-state index contributed by atoms with van der Waals surface area (Å²) < 4.78 is 7.14. The Morgan fingerprint density at radius 2 is 2.11 bits per heavy atom. The van der Waals surface area contributed by atoms with Crippen LogP contribution in [0.2, 0.25) is 0 Å². The molecule has 0 atom stereocenters. The molecule has 1 aliphatic heterocycles. The van der Waals surface area contributed by atoms with Gasteiger partial charge in [-0.1, -0.05) is 0 Å². The van der Waals surface area contributed by atoms with Crippen molar-refractivity contribution in [1.29, 1.82) is 0 Å². The third-order valence-corrected chi connectivity index (χ3v) is 3.38. The number of hydrogen-bond acceptors (Lipinski definition) is 5. The molecule has 100 valence electrons. The number of morpholine rings is 1. The highest BCUT2D eigenvalue weighted by Gasteiger charge is 2.19. The molecule has 0 radical (unpaired) electrons. The lowest BCUT2D eigenvalue weighted by Crippen LogP contribution is -2.36. The molecule has 6 nitrogen and oxygen atoms in total. The number of anilines is 1. The summed E-state index contributed by atoms with van der Waals surface area (Å²) in [6.45, 7) is 6.47. The van der Waals surface area contributed by atoms with Crippen LogP contribution in [0.1, 0.15) is 23.1 Å². The van der Waals surface area contributed by atoms with Crippen molar-refractivity contribution in [2.24, 2.45) is 0 Å². The number of rotatable bonds is 2. The Morgan fingerprint density at radius 3 is 2.79 bits per heavy atom. The molecule has 3 rings (SSSR count). The van der Waals surface area contributed by atoms with E-state index in [0.717, 1.165) is 30.1 Å². The van der Waals surface area contributed by atoms with Gasteiger partial charge in [0, 0.05) is 20.0 Å². The predicted molar refractivity (Wildman–Crippen MR) is 70.8 cm³/mol. The topological polar surface area (TPSA) is 59.7 Å². The number of ketones is 1. The monoisotopic (exact) mass is 260 g/mol. The molecule has 19 heavy (non-hydrogen) atoms. The lowest BCUT2D eigenvalue weighted by molar-refractivity contribution is 0.101. The van der Waals surface area contributed by atoms with Gasteiger partial charge in [0.1, 0.15) is 12.0 Å². The molecular weight excluding hydrogens is 244 g/mol. The molecule has 0 bridgehead atoms. The maximum Gasteiger partial charge on any atom is 0.178 e. The molecule has 0 aliphatic carbocycles. The predicted octanol–water partition coefficient (Wildman–Crippen LogP) is 1.08. The van der Waals surface area contributed by atoms with E-state index >= 15 is 0 Å². The number of imidazole rings is 1. The number of carbonyl (C=O) groups excluding carboxylic acids is 1. The molecule has 0 N–H and O–H groups in total. The van der Waals surface area contributed by atoms with Gasteiger partial charge in [-0.05, 0) is 6.92 Å². The summed E-state index contributed by atoms with van der Waals surface area (Å²) in [5.74, 6) is 0.00549. The summed E-state index contributed by atoms with van der Waals surface area (Å²) in [6, 6.07) is 0. The second-order valence-electron chi connectivity index (χ2n) is 4.67. The van der Waals surface area contributed by atoms with Gasteiger partial charge in [-0.2, -0.15) is 0 Å². The molecule has 1 saturated heterocycles. The molecule has 0 unspecified atom stereocenters. The third-order valence-electron chi connectivity index (χ3n) is 3.38. The molecular formula is C13H16N4O2. The van der Waals surface area contributed by atoms with Crippen molar-refractivity contribution < 1.29 is 9.53 Å². The van der Waals surface area contributed by atoms with Crippen LogP contribution in [-0.4, -0.2) is 46.5 Å². The van der Waals surface area contributed by atoms with Crippen molar-refractivity contribution in [2.75, 3.05) is 31.2 Å². The lowest BCUT2D eigenvalue weighted by atomic mass is 10.2. The fraction of sp³-hybridized carbons (Fsp3) is 0.462. The summed E-state index contributed by atoms with van der Waals surface area (Å²) in [5.41, 5.74) is 3.11. The minimum Gasteiger partial charge on any atom is -0.378 e. The Labute approximate surface area is 111 Å². The Kier molecular flexibility index (Phi) is 2.94. The summed E-state index contributed by atoms with van der Waals surface area (Å²) in [7, 11) is 0. The highest BCUT2D eigenvalue weighted by Crippen LogP contribution is 2.23. The molecule has 0 saturated carbocycles. The first kappa shape index (κ1) is 12.1. The van der Waals surface area contributed by atoms with Crippen LogP contribution in [0.3, 0.4) is 0 Å². The van der Waals surface area contributed by atoms with E-state index in [1.54, 1.807) is 23.8 Å². The number of hydrogen-bond donors (Lipinski definition) is 0. The number of aryl methyl sites for hydroxylation is 1. The Hall–Kier alpha value is -1.95. The van der Waals surface area contributed by atoms with Gasteiger partial charge in [-0.15, -0.1) is 0 Å². The molecule has 3 heterocycles. The highest BCUT2D eigenvalue weighted by atomic mass is 16.5. The van der Waals surface area contributed by atoms with Crippen LogP contribution in [0, 0.1) is 6.92 Å². The minimum atomic E-state index is 0.00549. The van der Waals surface area contributed by atoms with Crippen molar-refractivity contribution in [1.82, 2.24) is 14.4 Å². The molecule has 1 fully saturated rings. The summed E-state index contributed by atoms with van der Waals surface area (Å²) >= 11 is 0. The molecule has 2 aromatic rings. The first-order valence-electron chi connectivity index (χ1n) is 6.35. The Balaban J connectivity index is 2.15. The van der Waals surface area contributed by atoms with Crippen LogP contribution in [0.5, 0.6) is 0 Å². The van der Waals surface area contributed by atoms with E-state index in [1.165, 1.54) is 0 Å². The summed E-state index contributed by atoms with van der Waals surface area (Å²) in [6.07, 6.45) is 3.45. The van der Waals surface area contributed by atoms with Crippen molar-refractivity contribution >= 4 is 17.1 Å². The number of Topliss-reactive ketones (excluding diaryl/α,β-unsaturated/α-hetero) is 1. The van der Waals surface area contributed by atoms with E-state index in [2.05, 4.69) is 14.9 Å². The number of carbonyl (C=O) groups is 1. The Bertz CT molecular complexity index is 629. The van der Waals surface area contributed by atoms with Crippen LogP contribution >= 0.6 is 0 Å². The van der Waals surface area contributed by atoms with Crippen molar-refractivity contribution in [3.8, 4) is 0 Å². The van der Waals surface area contributed by atoms with Crippen LogP contribution in [0.25, 0.3) is 5.65 Å². The third kappa shape index (κ3) is 1.98. The summed E-state index contributed by atoms with van der Waals surface area (Å²) in [5, 5.41) is 0. The average molecular weight is 260 g/mol. The highest BCUT2D eigenvalue weighted by molar-refractivity contribution is 5.95. The van der Waals surface area contributed by atoms with Crippen LogP contribution in [0.15, 0.2) is 12.5 Å². The van der Waals surface area contributed by atoms with E-state index in [0.29, 0.717) is 18.9 Å². The van der Waals surface area contributed by atoms with Gasteiger partial charge in [0.25, 0.3) is 0 Å². The molecule has 0 spiro atoms. The SMILES string of the molecule is CC(=O)c1c(C)nc2c(N3CCOCC3)cncn12. The van der Waals surface area contributed by atoms with Gasteiger partial charge in [0.05, 0.1) is 30.8 Å². The largest absolute Gasteiger partial charge is 0.378 e. The standard InChI is InChI=1S/C13H16N4O2/c1-9-12(10(2)18)17-8-14-7-11(13(17)15-9)16-3-5-19-6-4-16/h7-8H,3-6H2,1-2H3. The van der Waals surface area contributed by atoms with Gasteiger partial charge in [-0.3, -0.25) is 9.20 Å². The lowest BCUT2D eigenvalue weighted by Gasteiger charge is -2.28. The molecule has 2 aromatic heterocycles. The molecule has 1 aliphatic rings. The molecule has 0 amide bonds. The van der Waals surface area contributed by atoms with Crippen molar-refractivity contribution in [3.05, 3.63) is 23.9 Å². The summed E-state index contributed by atoms with van der Waals surface area (Å²) in [4.78, 5) is 22.7. The van der Waals surface area contributed by atoms with E-state index in [1.807, 2.05) is 6.92 Å². The van der Waals surface area contributed by atoms with Gasteiger partial charge in [-0.25, -0.2) is 9.97 Å². The fourth-order valence-electron chi connectivity index (χ4n) is 2.52. The van der Waals surface area contributed by atoms with E-state index in [4.69, 9.17) is 4.74 Å². The van der Waals surface area contributed by atoms with Crippen LogP contribution in [0.4, 0.5) is 5.69 Å². The molecule has 6 heteroatoms. The second-order valence-corrected chi connectivity index (χ2v) is 4.67. The number of ether oxygens (including phenoxy) is 1. The Morgan fingerprint density at radius 1 is 1.37 bits per heavy atom. The zero-order chi connectivity index (χ0) is 13.4. The zero-order valence-electron chi connectivity index (χ0n) is 11.1. The zero-order valence-corrected chi connectivity index (χ0v) is 11.1. The van der Waals surface area contributed by atoms with Crippen molar-refractivity contribution in [3.63, 3.8) is 0 Å². The maximum absolute atomic E-state index is 11.7. The first-order chi connectivity index (χ1) is 9.18. The fourth-order valence-corrected chi connectivity index (χ4v) is 2.52. The first-order valence-corrected chi connectivity index (χ1v) is 6.35. The van der Waals surface area contributed by atoms with Crippen LogP contribution < -0.4 is 4.90 Å². The van der Waals surface area contributed by atoms with E-state index in [9.17, 15) is 4.79 Å². The van der Waals surface area contributed by atoms with Gasteiger partial charge < -0.3 is 9.64 Å². The van der Waals surface area contributed by atoms with E-state index < -0.39 is 0 Å². The van der Waals surface area contributed by atoms with Crippen molar-refractivity contribution in [2.45, 2.75) is 13.8 Å². The second kappa shape index (κ2) is 4.62. The average Bonchev–Trinajstić information content (AvgIpc) is 2.75. The molecule has 0 aromatic carbocycles. The normalized spacial score (nSPS) is 16.0. The minimum absolute atomic E-state index is 0.00549. The smallest absolute Gasteiger partial charge is 0.178 e.